The van der Waals surface area contributed by atoms with Crippen LogP contribution < -0.4 is 5.32 Å². The van der Waals surface area contributed by atoms with E-state index < -0.39 is 22.7 Å². The van der Waals surface area contributed by atoms with Crippen LogP contribution in [0.4, 0.5) is 13.2 Å². The first-order chi connectivity index (χ1) is 6.36. The van der Waals surface area contributed by atoms with Crippen LogP contribution in [0.1, 0.15) is 20.4 Å². The van der Waals surface area contributed by atoms with Gasteiger partial charge in [-0.15, -0.1) is 11.3 Å². The number of alkyl halides is 3. The Kier molecular flexibility index (Phi) is 2.79. The van der Waals surface area contributed by atoms with Crippen LogP contribution in [0.5, 0.6) is 0 Å². The molecular weight excluding hydrogens is 217 g/mol. The first-order valence-electron chi connectivity index (χ1n) is 3.63. The number of thiazole rings is 1. The summed E-state index contributed by atoms with van der Waals surface area (Å²) in [5, 5.41) is 2.36. The molecule has 1 heterocycles. The SMILES string of the molecule is CNC(=O)c1sc(C)nc1C(F)(F)F. The van der Waals surface area contributed by atoms with Crippen molar-refractivity contribution in [2.24, 2.45) is 0 Å². The van der Waals surface area contributed by atoms with Crippen molar-refractivity contribution in [2.45, 2.75) is 13.1 Å². The Bertz CT molecular complexity index is 358. The van der Waals surface area contributed by atoms with Gasteiger partial charge in [0.05, 0.1) is 5.01 Å². The zero-order valence-corrected chi connectivity index (χ0v) is 8.21. The number of hydrogen-bond acceptors (Lipinski definition) is 3. The number of rotatable bonds is 1. The fourth-order valence-electron chi connectivity index (χ4n) is 0.887. The van der Waals surface area contributed by atoms with Crippen molar-refractivity contribution in [2.75, 3.05) is 7.05 Å². The van der Waals surface area contributed by atoms with Crippen LogP contribution >= 0.6 is 11.3 Å². The molecule has 0 bridgehead atoms. The normalized spacial score (nSPS) is 11.5. The molecule has 0 aliphatic carbocycles. The zero-order valence-electron chi connectivity index (χ0n) is 7.40. The Labute approximate surface area is 82.0 Å². The lowest BCUT2D eigenvalue weighted by Crippen LogP contribution is -2.21. The number of halogens is 3. The van der Waals surface area contributed by atoms with E-state index in [-0.39, 0.29) is 5.01 Å². The van der Waals surface area contributed by atoms with Crippen LogP contribution in [0.3, 0.4) is 0 Å². The molecule has 0 fully saturated rings. The van der Waals surface area contributed by atoms with Crippen molar-refractivity contribution < 1.29 is 18.0 Å². The van der Waals surface area contributed by atoms with Crippen LogP contribution in [-0.2, 0) is 6.18 Å². The molecule has 7 heteroatoms. The van der Waals surface area contributed by atoms with E-state index in [0.29, 0.717) is 0 Å². The van der Waals surface area contributed by atoms with Gasteiger partial charge in [0.15, 0.2) is 5.69 Å². The summed E-state index contributed by atoms with van der Waals surface area (Å²) in [4.78, 5) is 13.9. The minimum absolute atomic E-state index is 0.218. The fraction of sp³-hybridized carbons (Fsp3) is 0.429. The van der Waals surface area contributed by atoms with E-state index in [4.69, 9.17) is 0 Å². The highest BCUT2D eigenvalue weighted by molar-refractivity contribution is 7.13. The lowest BCUT2D eigenvalue weighted by Gasteiger charge is -2.04. The summed E-state index contributed by atoms with van der Waals surface area (Å²) < 4.78 is 37.0. The van der Waals surface area contributed by atoms with Crippen molar-refractivity contribution in [3.8, 4) is 0 Å². The first kappa shape index (κ1) is 11.0. The molecule has 14 heavy (non-hydrogen) atoms. The van der Waals surface area contributed by atoms with Gasteiger partial charge >= 0.3 is 6.18 Å². The molecule has 0 aliphatic heterocycles. The standard InChI is InChI=1S/C7H7F3N2OS/c1-3-12-5(7(8,9)10)4(14-3)6(13)11-2/h1-2H3,(H,11,13). The third-order valence-electron chi connectivity index (χ3n) is 1.44. The molecule has 0 radical (unpaired) electrons. The molecule has 1 amide bonds. The average Bonchev–Trinajstić information content (AvgIpc) is 2.45. The molecule has 1 aromatic heterocycles. The third-order valence-corrected chi connectivity index (χ3v) is 2.41. The van der Waals surface area contributed by atoms with Gasteiger partial charge in [-0.3, -0.25) is 4.79 Å². The molecule has 1 aromatic rings. The van der Waals surface area contributed by atoms with E-state index in [0.717, 1.165) is 11.3 Å². The average molecular weight is 224 g/mol. The number of aryl methyl sites for hydroxylation is 1. The van der Waals surface area contributed by atoms with E-state index in [9.17, 15) is 18.0 Å². The molecule has 0 aliphatic rings. The van der Waals surface area contributed by atoms with Crippen LogP contribution in [-0.4, -0.2) is 17.9 Å². The highest BCUT2D eigenvalue weighted by Crippen LogP contribution is 2.33. The van der Waals surface area contributed by atoms with E-state index in [1.165, 1.54) is 14.0 Å². The van der Waals surface area contributed by atoms with Crippen LogP contribution in [0.15, 0.2) is 0 Å². The summed E-state index contributed by atoms with van der Waals surface area (Å²) in [5.74, 6) is -0.761. The number of nitrogens with one attached hydrogen (secondary N) is 1. The molecule has 0 saturated heterocycles. The van der Waals surface area contributed by atoms with Gasteiger partial charge in [0.2, 0.25) is 0 Å². The van der Waals surface area contributed by atoms with Gasteiger partial charge in [-0.1, -0.05) is 0 Å². The van der Waals surface area contributed by atoms with Crippen molar-refractivity contribution in [3.05, 3.63) is 15.6 Å². The highest BCUT2D eigenvalue weighted by Gasteiger charge is 2.38. The van der Waals surface area contributed by atoms with Crippen molar-refractivity contribution in [3.63, 3.8) is 0 Å². The molecule has 3 nitrogen and oxygen atoms in total. The second kappa shape index (κ2) is 3.56. The van der Waals surface area contributed by atoms with E-state index in [1.807, 2.05) is 0 Å². The molecule has 0 aromatic carbocycles. The molecule has 0 unspecified atom stereocenters. The lowest BCUT2D eigenvalue weighted by molar-refractivity contribution is -0.141. The summed E-state index contributed by atoms with van der Waals surface area (Å²) in [7, 11) is 1.28. The van der Waals surface area contributed by atoms with Gasteiger partial charge in [0.25, 0.3) is 5.91 Å². The largest absolute Gasteiger partial charge is 0.435 e. The first-order valence-corrected chi connectivity index (χ1v) is 4.44. The molecule has 0 spiro atoms. The number of amides is 1. The maximum Gasteiger partial charge on any atom is 0.435 e. The summed E-state index contributed by atoms with van der Waals surface area (Å²) in [6.45, 7) is 1.42. The van der Waals surface area contributed by atoms with Crippen LogP contribution in [0.25, 0.3) is 0 Å². The quantitative estimate of drug-likeness (QED) is 0.790. The molecular formula is C7H7F3N2OS. The fourth-order valence-corrected chi connectivity index (χ4v) is 1.77. The van der Waals surface area contributed by atoms with Gasteiger partial charge in [-0.05, 0) is 6.92 Å². The zero-order chi connectivity index (χ0) is 10.9. The summed E-state index contributed by atoms with van der Waals surface area (Å²) in [6.07, 6.45) is -4.58. The Hall–Kier alpha value is -1.11. The van der Waals surface area contributed by atoms with Gasteiger partial charge in [0.1, 0.15) is 4.88 Å². The Morgan fingerprint density at radius 3 is 2.50 bits per heavy atom. The predicted octanol–water partition coefficient (Wildman–Crippen LogP) is 1.83. The Morgan fingerprint density at radius 2 is 2.07 bits per heavy atom. The topological polar surface area (TPSA) is 42.0 Å². The van der Waals surface area contributed by atoms with Crippen LogP contribution in [0.2, 0.25) is 0 Å². The second-order valence-electron chi connectivity index (χ2n) is 2.49. The predicted molar refractivity (Wildman–Crippen MR) is 45.2 cm³/mol. The van der Waals surface area contributed by atoms with Gasteiger partial charge in [0, 0.05) is 7.05 Å². The number of nitrogens with zero attached hydrogens (tertiary/aromatic N) is 1. The Morgan fingerprint density at radius 1 is 1.50 bits per heavy atom. The van der Waals surface area contributed by atoms with Crippen molar-refractivity contribution in [1.29, 1.82) is 0 Å². The molecule has 0 atom stereocenters. The third kappa shape index (κ3) is 2.03. The highest BCUT2D eigenvalue weighted by atomic mass is 32.1. The molecule has 1 rings (SSSR count). The van der Waals surface area contributed by atoms with Crippen molar-refractivity contribution in [1.82, 2.24) is 10.3 Å². The smallest absolute Gasteiger partial charge is 0.354 e. The number of aromatic nitrogens is 1. The van der Waals surface area contributed by atoms with Crippen LogP contribution in [0, 0.1) is 6.92 Å². The van der Waals surface area contributed by atoms with Crippen molar-refractivity contribution >= 4 is 17.2 Å². The molecule has 0 saturated carbocycles. The van der Waals surface area contributed by atoms with Gasteiger partial charge in [-0.2, -0.15) is 13.2 Å². The maximum absolute atomic E-state index is 12.3. The summed E-state index contributed by atoms with van der Waals surface area (Å²) >= 11 is 0.731. The molecule has 78 valence electrons. The maximum atomic E-state index is 12.3. The van der Waals surface area contributed by atoms with E-state index >= 15 is 0 Å². The second-order valence-corrected chi connectivity index (χ2v) is 3.69. The van der Waals surface area contributed by atoms with E-state index in [1.54, 1.807) is 0 Å². The number of carbonyl (C=O) groups is 1. The van der Waals surface area contributed by atoms with E-state index in [2.05, 4.69) is 10.3 Å². The minimum Gasteiger partial charge on any atom is -0.354 e. The van der Waals surface area contributed by atoms with Gasteiger partial charge < -0.3 is 5.32 Å². The van der Waals surface area contributed by atoms with Gasteiger partial charge in [-0.25, -0.2) is 4.98 Å². The number of hydrogen-bond donors (Lipinski definition) is 1. The Balaban J connectivity index is 3.23. The minimum atomic E-state index is -4.58. The summed E-state index contributed by atoms with van der Waals surface area (Å²) in [6, 6.07) is 0. The number of carbonyl (C=O) groups excluding carboxylic acids is 1. The summed E-state index contributed by atoms with van der Waals surface area (Å²) in [5.41, 5.74) is -1.11. The monoisotopic (exact) mass is 224 g/mol. The lowest BCUT2D eigenvalue weighted by atomic mass is 10.3. The molecule has 1 N–H and O–H groups in total.